The van der Waals surface area contributed by atoms with E-state index >= 15 is 0 Å². The molecule has 0 radical (unpaired) electrons. The second-order valence-electron chi connectivity index (χ2n) is 8.91. The monoisotopic (exact) mass is 566 g/mol. The number of unbranched alkanes of at least 4 members (excludes halogenated alkanes) is 1. The lowest BCUT2D eigenvalue weighted by Gasteiger charge is -2.31. The van der Waals surface area contributed by atoms with Crippen LogP contribution < -0.4 is 5.32 Å². The summed E-state index contributed by atoms with van der Waals surface area (Å²) in [6.45, 7) is 5.16. The molecule has 0 spiro atoms. The van der Waals surface area contributed by atoms with Crippen molar-refractivity contribution in [2.75, 3.05) is 12.3 Å². The summed E-state index contributed by atoms with van der Waals surface area (Å²) in [6, 6.07) is 25.6. The fraction of sp³-hybridized carbons (Fsp3) is 0.333. The number of carbonyl (C=O) groups excluding carboxylic acids is 2. The van der Waals surface area contributed by atoms with Gasteiger partial charge in [-0.2, -0.15) is 0 Å². The number of hydrogen-bond acceptors (Lipinski definition) is 3. The van der Waals surface area contributed by atoms with Gasteiger partial charge in [0.2, 0.25) is 11.8 Å². The summed E-state index contributed by atoms with van der Waals surface area (Å²) >= 11 is 5.21. The third-order valence-electron chi connectivity index (χ3n) is 5.95. The Balaban J connectivity index is 1.82. The molecular weight excluding hydrogens is 532 g/mol. The predicted molar refractivity (Wildman–Crippen MR) is 153 cm³/mol. The molecule has 1 atom stereocenters. The summed E-state index contributed by atoms with van der Waals surface area (Å²) in [7, 11) is 0. The molecule has 0 aliphatic carbocycles. The third-order valence-corrected chi connectivity index (χ3v) is 7.46. The predicted octanol–water partition coefficient (Wildman–Crippen LogP) is 6.80. The van der Waals surface area contributed by atoms with Gasteiger partial charge in [0.1, 0.15) is 6.04 Å². The summed E-state index contributed by atoms with van der Waals surface area (Å²) in [4.78, 5) is 30.0. The quantitative estimate of drug-likeness (QED) is 0.183. The smallest absolute Gasteiger partial charge is 0.243 e. The number of hydrogen-bond donors (Lipinski definition) is 1. The van der Waals surface area contributed by atoms with Gasteiger partial charge in [0, 0.05) is 41.1 Å². The Morgan fingerprint density at radius 2 is 1.69 bits per heavy atom. The lowest BCUT2D eigenvalue weighted by atomic mass is 10.0. The van der Waals surface area contributed by atoms with Gasteiger partial charge in [-0.3, -0.25) is 9.59 Å². The van der Waals surface area contributed by atoms with E-state index in [0.29, 0.717) is 31.7 Å². The van der Waals surface area contributed by atoms with E-state index in [1.54, 1.807) is 16.7 Å². The highest BCUT2D eigenvalue weighted by Crippen LogP contribution is 2.22. The number of benzene rings is 3. The molecule has 3 aromatic carbocycles. The Morgan fingerprint density at radius 3 is 2.39 bits per heavy atom. The van der Waals surface area contributed by atoms with Gasteiger partial charge >= 0.3 is 0 Å². The number of thioether (sulfide) groups is 1. The fourth-order valence-electron chi connectivity index (χ4n) is 3.93. The number of nitrogens with zero attached hydrogens (tertiary/aromatic N) is 1. The lowest BCUT2D eigenvalue weighted by molar-refractivity contribution is -0.141. The minimum Gasteiger partial charge on any atom is -0.354 e. The van der Waals surface area contributed by atoms with Crippen LogP contribution in [0.2, 0.25) is 0 Å². The Hall–Kier alpha value is -2.57. The van der Waals surface area contributed by atoms with Crippen LogP contribution in [0.25, 0.3) is 0 Å². The molecule has 0 unspecified atom stereocenters. The zero-order valence-corrected chi connectivity index (χ0v) is 23.5. The molecule has 2 amide bonds. The fourth-order valence-corrected chi connectivity index (χ4v) is 5.21. The topological polar surface area (TPSA) is 49.4 Å². The van der Waals surface area contributed by atoms with E-state index in [4.69, 9.17) is 0 Å². The molecule has 0 aliphatic rings. The van der Waals surface area contributed by atoms with Crippen LogP contribution in [0.15, 0.2) is 88.2 Å². The molecule has 0 fully saturated rings. The molecule has 1 N–H and O–H groups in total. The maximum atomic E-state index is 13.7. The van der Waals surface area contributed by atoms with Crippen molar-refractivity contribution in [3.05, 3.63) is 100 Å². The van der Waals surface area contributed by atoms with Gasteiger partial charge in [0.25, 0.3) is 0 Å². The van der Waals surface area contributed by atoms with Gasteiger partial charge in [-0.1, -0.05) is 89.4 Å². The zero-order chi connectivity index (χ0) is 25.8. The second-order valence-corrected chi connectivity index (χ2v) is 11.0. The van der Waals surface area contributed by atoms with Gasteiger partial charge in [-0.05, 0) is 48.7 Å². The van der Waals surface area contributed by atoms with Crippen molar-refractivity contribution in [3.8, 4) is 0 Å². The van der Waals surface area contributed by atoms with Crippen LogP contribution in [0.5, 0.6) is 0 Å². The van der Waals surface area contributed by atoms with Crippen molar-refractivity contribution in [3.63, 3.8) is 0 Å². The molecule has 0 bridgehead atoms. The van der Waals surface area contributed by atoms with Crippen LogP contribution in [-0.4, -0.2) is 35.1 Å². The molecular formula is C30H35BrN2O2S. The molecule has 0 heterocycles. The highest BCUT2D eigenvalue weighted by Gasteiger charge is 2.30. The number of nitrogens with one attached hydrogen (secondary N) is 1. The standard InChI is InChI=1S/C30H35BrN2O2S/c1-3-4-18-32-30(35)28(21-24-9-6-5-7-10-24)33(22-25-11-8-12-26(31)20-25)29(34)17-19-36-27-15-13-23(2)14-16-27/h5-16,20,28H,3-4,17-19,21-22H2,1-2H3,(H,32,35)/t28-/m1/s1. The van der Waals surface area contributed by atoms with Gasteiger partial charge < -0.3 is 10.2 Å². The normalized spacial score (nSPS) is 11.6. The molecule has 4 nitrogen and oxygen atoms in total. The first kappa shape index (κ1) is 28.0. The Bertz CT molecular complexity index is 1110. The maximum Gasteiger partial charge on any atom is 0.243 e. The van der Waals surface area contributed by atoms with Crippen molar-refractivity contribution in [2.45, 2.75) is 57.0 Å². The van der Waals surface area contributed by atoms with E-state index in [1.165, 1.54) is 5.56 Å². The Morgan fingerprint density at radius 1 is 0.972 bits per heavy atom. The van der Waals surface area contributed by atoms with Crippen LogP contribution in [0.3, 0.4) is 0 Å². The van der Waals surface area contributed by atoms with E-state index in [9.17, 15) is 9.59 Å². The Kier molecular flexibility index (Phi) is 11.6. The number of carbonyl (C=O) groups is 2. The van der Waals surface area contributed by atoms with E-state index in [1.807, 2.05) is 54.6 Å². The summed E-state index contributed by atoms with van der Waals surface area (Å²) in [5, 5.41) is 3.08. The number of amides is 2. The minimum absolute atomic E-state index is 0.0128. The van der Waals surface area contributed by atoms with Crippen molar-refractivity contribution in [2.24, 2.45) is 0 Å². The highest BCUT2D eigenvalue weighted by molar-refractivity contribution is 9.10. The second kappa shape index (κ2) is 14.9. The van der Waals surface area contributed by atoms with Crippen molar-refractivity contribution in [1.82, 2.24) is 10.2 Å². The van der Waals surface area contributed by atoms with Gasteiger partial charge in [0.15, 0.2) is 0 Å². The highest BCUT2D eigenvalue weighted by atomic mass is 79.9. The van der Waals surface area contributed by atoms with Crippen LogP contribution in [0, 0.1) is 6.92 Å². The first-order valence-electron chi connectivity index (χ1n) is 12.5. The molecule has 3 rings (SSSR count). The summed E-state index contributed by atoms with van der Waals surface area (Å²) in [5.74, 6) is 0.551. The SMILES string of the molecule is CCCCNC(=O)[C@@H](Cc1ccccc1)N(Cc1cccc(Br)c1)C(=O)CCSc1ccc(C)cc1. The van der Waals surface area contributed by atoms with Crippen molar-refractivity contribution >= 4 is 39.5 Å². The number of halogens is 1. The largest absolute Gasteiger partial charge is 0.354 e. The third kappa shape index (κ3) is 9.14. The van der Waals surface area contributed by atoms with Crippen molar-refractivity contribution in [1.29, 1.82) is 0 Å². The summed E-state index contributed by atoms with van der Waals surface area (Å²) in [5.41, 5.74) is 3.24. The lowest BCUT2D eigenvalue weighted by Crippen LogP contribution is -2.50. The van der Waals surface area contributed by atoms with E-state index in [2.05, 4.69) is 59.4 Å². The average Bonchev–Trinajstić information content (AvgIpc) is 2.88. The van der Waals surface area contributed by atoms with Gasteiger partial charge in [0.05, 0.1) is 0 Å². The van der Waals surface area contributed by atoms with Crippen molar-refractivity contribution < 1.29 is 9.59 Å². The maximum absolute atomic E-state index is 13.7. The average molecular weight is 568 g/mol. The summed E-state index contributed by atoms with van der Waals surface area (Å²) in [6.07, 6.45) is 2.75. The molecule has 0 saturated carbocycles. The van der Waals surface area contributed by atoms with Crippen LogP contribution in [-0.2, 0) is 22.6 Å². The zero-order valence-electron chi connectivity index (χ0n) is 21.1. The number of aryl methyl sites for hydroxylation is 1. The first-order chi connectivity index (χ1) is 17.5. The minimum atomic E-state index is -0.583. The number of rotatable bonds is 13. The molecule has 6 heteroatoms. The van der Waals surface area contributed by atoms with E-state index in [-0.39, 0.29) is 11.8 Å². The molecule has 0 aliphatic heterocycles. The molecule has 0 saturated heterocycles. The van der Waals surface area contributed by atoms with Gasteiger partial charge in [-0.15, -0.1) is 11.8 Å². The van der Waals surface area contributed by atoms with Crippen LogP contribution >= 0.6 is 27.7 Å². The van der Waals surface area contributed by atoms with Crippen LogP contribution in [0.4, 0.5) is 0 Å². The first-order valence-corrected chi connectivity index (χ1v) is 14.3. The van der Waals surface area contributed by atoms with Gasteiger partial charge in [-0.25, -0.2) is 0 Å². The van der Waals surface area contributed by atoms with E-state index in [0.717, 1.165) is 33.3 Å². The molecule has 3 aromatic rings. The van der Waals surface area contributed by atoms with E-state index < -0.39 is 6.04 Å². The Labute approximate surface area is 228 Å². The molecule has 36 heavy (non-hydrogen) atoms. The van der Waals surface area contributed by atoms with Crippen LogP contribution in [0.1, 0.15) is 42.9 Å². The molecule has 190 valence electrons. The molecule has 0 aromatic heterocycles. The summed E-state index contributed by atoms with van der Waals surface area (Å²) < 4.78 is 0.953.